The van der Waals surface area contributed by atoms with Gasteiger partial charge in [0.1, 0.15) is 4.88 Å². The van der Waals surface area contributed by atoms with E-state index < -0.39 is 11.4 Å². The summed E-state index contributed by atoms with van der Waals surface area (Å²) in [6.45, 7) is 4.60. The van der Waals surface area contributed by atoms with Gasteiger partial charge in [-0.15, -0.1) is 0 Å². The molecule has 1 fully saturated rings. The van der Waals surface area contributed by atoms with E-state index in [-0.39, 0.29) is 5.78 Å². The highest BCUT2D eigenvalue weighted by Gasteiger charge is 2.46. The lowest BCUT2D eigenvalue weighted by Gasteiger charge is -2.38. The molecule has 1 saturated heterocycles. The van der Waals surface area contributed by atoms with Crippen molar-refractivity contribution in [2.24, 2.45) is 0 Å². The highest BCUT2D eigenvalue weighted by atomic mass is 32.1. The Morgan fingerprint density at radius 3 is 2.77 bits per heavy atom. The second kappa shape index (κ2) is 8.45. The van der Waals surface area contributed by atoms with Crippen LogP contribution in [-0.4, -0.2) is 50.3 Å². The number of Topliss-reactive ketones (excluding diaryl/α,β-unsaturated/α-hetero) is 1. The fourth-order valence-corrected chi connectivity index (χ4v) is 4.49. The maximum atomic E-state index is 14.0. The zero-order valence-corrected chi connectivity index (χ0v) is 17.7. The summed E-state index contributed by atoms with van der Waals surface area (Å²) in [6.07, 6.45) is 4.60. The fraction of sp³-hybridized carbons (Fsp3) is 0.381. The Balaban J connectivity index is 1.78. The van der Waals surface area contributed by atoms with Gasteiger partial charge in [-0.3, -0.25) is 4.79 Å². The van der Waals surface area contributed by atoms with Gasteiger partial charge >= 0.3 is 5.97 Å². The van der Waals surface area contributed by atoms with Crippen LogP contribution in [0.4, 0.5) is 0 Å². The van der Waals surface area contributed by atoms with E-state index in [1.807, 2.05) is 18.2 Å². The first-order valence-corrected chi connectivity index (χ1v) is 10.7. The van der Waals surface area contributed by atoms with Crippen molar-refractivity contribution in [2.45, 2.75) is 38.1 Å². The van der Waals surface area contributed by atoms with Gasteiger partial charge in [-0.2, -0.15) is 19.4 Å². The molecule has 1 aromatic carbocycles. The van der Waals surface area contributed by atoms with Crippen LogP contribution in [0, 0.1) is 0 Å². The van der Waals surface area contributed by atoms with Crippen molar-refractivity contribution in [1.29, 1.82) is 0 Å². The molecule has 9 heteroatoms. The molecule has 8 nitrogen and oxygen atoms in total. The number of rotatable bonds is 6. The maximum Gasteiger partial charge on any atom is 0.349 e. The lowest BCUT2D eigenvalue weighted by atomic mass is 9.71. The number of nitrogens with zero attached hydrogens (tertiary/aromatic N) is 4. The molecule has 156 valence electrons. The number of para-hydroxylation sites is 1. The van der Waals surface area contributed by atoms with Crippen molar-refractivity contribution >= 4 is 23.3 Å². The summed E-state index contributed by atoms with van der Waals surface area (Å²) in [6, 6.07) is 9.30. The predicted molar refractivity (Wildman–Crippen MR) is 112 cm³/mol. The zero-order chi connectivity index (χ0) is 21.1. The molecule has 0 bridgehead atoms. The van der Waals surface area contributed by atoms with E-state index in [4.69, 9.17) is 4.74 Å². The molecule has 2 aromatic heterocycles. The van der Waals surface area contributed by atoms with Gasteiger partial charge in [0.2, 0.25) is 0 Å². The summed E-state index contributed by atoms with van der Waals surface area (Å²) in [7, 11) is 0. The van der Waals surface area contributed by atoms with Crippen molar-refractivity contribution in [2.75, 3.05) is 13.2 Å². The monoisotopic (exact) mass is 425 g/mol. The summed E-state index contributed by atoms with van der Waals surface area (Å²) < 4.78 is 9.62. The minimum Gasteiger partial charge on any atom is -0.462 e. The molecule has 0 saturated carbocycles. The number of nitrogens with one attached hydrogen (secondary N) is 1. The lowest BCUT2D eigenvalue weighted by molar-refractivity contribution is 0.0531. The van der Waals surface area contributed by atoms with Crippen LogP contribution >= 0.6 is 11.5 Å². The third-order valence-corrected chi connectivity index (χ3v) is 6.22. The topological polar surface area (TPSA) is 99.0 Å². The summed E-state index contributed by atoms with van der Waals surface area (Å²) in [4.78, 5) is 28.0. The number of carbonyl (C=O) groups excluding carboxylic acids is 2. The highest BCUT2D eigenvalue weighted by molar-refractivity contribution is 7.08. The minimum absolute atomic E-state index is 0.0597. The zero-order valence-electron chi connectivity index (χ0n) is 16.9. The van der Waals surface area contributed by atoms with E-state index in [1.165, 1.54) is 4.80 Å². The van der Waals surface area contributed by atoms with Gasteiger partial charge in [-0.05, 0) is 56.4 Å². The SMILES string of the molecule is CCOC(=O)c1cc([C@@]2(C(=O)c3ccccc3-n3nccn3)CC[C@@H](C)NC2)ns1. The molecule has 3 heterocycles. The summed E-state index contributed by atoms with van der Waals surface area (Å²) in [5.74, 6) is -0.474. The average molecular weight is 426 g/mol. The molecular weight excluding hydrogens is 402 g/mol. The van der Waals surface area contributed by atoms with Gasteiger partial charge in [0.25, 0.3) is 0 Å². The van der Waals surface area contributed by atoms with Gasteiger partial charge in [-0.25, -0.2) is 4.79 Å². The van der Waals surface area contributed by atoms with Crippen LogP contribution in [-0.2, 0) is 10.2 Å². The number of ketones is 1. The average Bonchev–Trinajstić information content (AvgIpc) is 3.47. The van der Waals surface area contributed by atoms with E-state index in [2.05, 4.69) is 26.8 Å². The number of hydrogen-bond donors (Lipinski definition) is 1. The molecular formula is C21H23N5O3S. The van der Waals surface area contributed by atoms with Crippen LogP contribution in [0.3, 0.4) is 0 Å². The maximum absolute atomic E-state index is 14.0. The predicted octanol–water partition coefficient (Wildman–Crippen LogP) is 2.79. The summed E-state index contributed by atoms with van der Waals surface area (Å²) in [5.41, 5.74) is 0.863. The van der Waals surface area contributed by atoms with E-state index in [9.17, 15) is 9.59 Å². The molecule has 1 aliphatic heterocycles. The normalized spacial score (nSPS) is 21.3. The third kappa shape index (κ3) is 3.66. The van der Waals surface area contributed by atoms with Crippen LogP contribution < -0.4 is 5.32 Å². The molecule has 0 unspecified atom stereocenters. The van der Waals surface area contributed by atoms with Gasteiger partial charge < -0.3 is 10.1 Å². The number of hydrogen-bond acceptors (Lipinski definition) is 8. The van der Waals surface area contributed by atoms with Crippen molar-refractivity contribution in [3.8, 4) is 5.69 Å². The van der Waals surface area contributed by atoms with Crippen LogP contribution in [0.15, 0.2) is 42.7 Å². The standard InChI is InChI=1S/C21H23N5O3S/c1-3-29-20(28)17-12-18(25-30-17)21(9-8-14(2)22-13-21)19(27)15-6-4-5-7-16(15)26-23-10-11-24-26/h4-7,10-12,14,22H,3,8-9,13H2,1-2H3/t14-,21-/m1/s1. The quantitative estimate of drug-likeness (QED) is 0.479. The summed E-state index contributed by atoms with van der Waals surface area (Å²) >= 11 is 1.07. The Labute approximate surface area is 178 Å². The number of benzene rings is 1. The Morgan fingerprint density at radius 2 is 2.07 bits per heavy atom. The van der Waals surface area contributed by atoms with Crippen LogP contribution in [0.2, 0.25) is 0 Å². The van der Waals surface area contributed by atoms with Crippen molar-refractivity contribution < 1.29 is 14.3 Å². The highest BCUT2D eigenvalue weighted by Crippen LogP contribution is 2.38. The van der Waals surface area contributed by atoms with E-state index in [1.54, 1.807) is 31.5 Å². The van der Waals surface area contributed by atoms with Gasteiger partial charge in [0.15, 0.2) is 5.78 Å². The van der Waals surface area contributed by atoms with Gasteiger partial charge in [0, 0.05) is 18.2 Å². The molecule has 1 aliphatic rings. The van der Waals surface area contributed by atoms with Crippen molar-refractivity contribution in [3.63, 3.8) is 0 Å². The second-order valence-corrected chi connectivity index (χ2v) is 8.17. The molecule has 3 aromatic rings. The Bertz CT molecular complexity index is 1040. The first-order chi connectivity index (χ1) is 14.5. The fourth-order valence-electron chi connectivity index (χ4n) is 3.77. The van der Waals surface area contributed by atoms with Crippen molar-refractivity contribution in [3.05, 3.63) is 58.9 Å². The number of aromatic nitrogens is 4. The Morgan fingerprint density at radius 1 is 1.30 bits per heavy atom. The molecule has 0 spiro atoms. The Kier molecular flexibility index (Phi) is 5.74. The first-order valence-electron chi connectivity index (χ1n) is 9.93. The summed E-state index contributed by atoms with van der Waals surface area (Å²) in [5, 5.41) is 11.8. The number of piperidine rings is 1. The van der Waals surface area contributed by atoms with E-state index in [0.29, 0.717) is 47.4 Å². The molecule has 1 N–H and O–H groups in total. The Hall–Kier alpha value is -2.91. The second-order valence-electron chi connectivity index (χ2n) is 7.36. The number of esters is 1. The van der Waals surface area contributed by atoms with Crippen LogP contribution in [0.5, 0.6) is 0 Å². The third-order valence-electron chi connectivity index (χ3n) is 5.45. The first kappa shape index (κ1) is 20.4. The molecule has 4 rings (SSSR count). The van der Waals surface area contributed by atoms with E-state index >= 15 is 0 Å². The van der Waals surface area contributed by atoms with Gasteiger partial charge in [0.05, 0.1) is 35.8 Å². The largest absolute Gasteiger partial charge is 0.462 e. The minimum atomic E-state index is -0.878. The molecule has 30 heavy (non-hydrogen) atoms. The lowest BCUT2D eigenvalue weighted by Crippen LogP contribution is -2.52. The molecule has 2 atom stereocenters. The molecule has 0 radical (unpaired) electrons. The van der Waals surface area contributed by atoms with Crippen LogP contribution in [0.25, 0.3) is 5.69 Å². The molecule has 0 amide bonds. The van der Waals surface area contributed by atoms with Crippen molar-refractivity contribution in [1.82, 2.24) is 24.7 Å². The van der Waals surface area contributed by atoms with E-state index in [0.717, 1.165) is 18.0 Å². The number of carbonyl (C=O) groups is 2. The van der Waals surface area contributed by atoms with Crippen LogP contribution in [0.1, 0.15) is 52.4 Å². The number of ether oxygens (including phenoxy) is 1. The smallest absolute Gasteiger partial charge is 0.349 e. The van der Waals surface area contributed by atoms with Gasteiger partial charge in [-0.1, -0.05) is 12.1 Å². The molecule has 0 aliphatic carbocycles.